The number of anilines is 1. The van der Waals surface area contributed by atoms with Crippen molar-refractivity contribution in [1.29, 1.82) is 0 Å². The minimum atomic E-state index is -0.624. The number of aromatic nitrogens is 1. The van der Waals surface area contributed by atoms with Gasteiger partial charge in [-0.05, 0) is 55.3 Å². The summed E-state index contributed by atoms with van der Waals surface area (Å²) in [5.41, 5.74) is 3.30. The van der Waals surface area contributed by atoms with Crippen LogP contribution in [-0.2, 0) is 0 Å². The lowest BCUT2D eigenvalue weighted by Gasteiger charge is -2.24. The molecule has 1 amide bonds. The van der Waals surface area contributed by atoms with Crippen LogP contribution in [0.4, 0.5) is 5.82 Å². The molecule has 0 aliphatic carbocycles. The SMILES string of the molecule is Cc1ccc(N2C(=O)c3oc4ccc(C)cc4c(=O)c3C2c2cccc(Br)c2)nc1. The number of amides is 1. The number of nitrogens with zero attached hydrogens (tertiary/aromatic N) is 2. The first-order chi connectivity index (χ1) is 14.4. The molecule has 1 atom stereocenters. The standard InChI is InChI=1S/C24H17BrN2O3/c1-13-6-8-18-17(10-13)22(28)20-21(15-4-3-5-16(25)11-15)27(24(29)23(20)30-18)19-9-7-14(2)12-26-19/h3-12,21H,1-2H3. The Hall–Kier alpha value is -3.25. The van der Waals surface area contributed by atoms with Gasteiger partial charge in [0.2, 0.25) is 5.76 Å². The molecule has 2 aromatic carbocycles. The molecular weight excluding hydrogens is 444 g/mol. The third-order valence-electron chi connectivity index (χ3n) is 5.33. The van der Waals surface area contributed by atoms with Crippen molar-refractivity contribution in [2.45, 2.75) is 19.9 Å². The van der Waals surface area contributed by atoms with Crippen LogP contribution < -0.4 is 10.3 Å². The van der Waals surface area contributed by atoms with Crippen LogP contribution in [0.15, 0.2) is 74.5 Å². The summed E-state index contributed by atoms with van der Waals surface area (Å²) in [4.78, 5) is 33.0. The fourth-order valence-electron chi connectivity index (χ4n) is 3.92. The van der Waals surface area contributed by atoms with E-state index in [-0.39, 0.29) is 17.1 Å². The predicted octanol–water partition coefficient (Wildman–Crippen LogP) is 5.32. The number of hydrogen-bond acceptors (Lipinski definition) is 4. The number of aryl methyl sites for hydroxylation is 2. The number of carbonyl (C=O) groups excluding carboxylic acids is 1. The number of halogens is 1. The van der Waals surface area contributed by atoms with E-state index < -0.39 is 6.04 Å². The lowest BCUT2D eigenvalue weighted by Crippen LogP contribution is -2.30. The molecule has 1 aliphatic rings. The second-order valence-electron chi connectivity index (χ2n) is 7.50. The minimum absolute atomic E-state index is 0.0729. The lowest BCUT2D eigenvalue weighted by atomic mass is 9.98. The van der Waals surface area contributed by atoms with E-state index in [1.54, 1.807) is 29.3 Å². The molecule has 6 heteroatoms. The molecule has 30 heavy (non-hydrogen) atoms. The Labute approximate surface area is 181 Å². The van der Waals surface area contributed by atoms with Crippen LogP contribution in [0, 0.1) is 13.8 Å². The molecule has 1 aliphatic heterocycles. The van der Waals surface area contributed by atoms with Gasteiger partial charge in [0.15, 0.2) is 5.43 Å². The average Bonchev–Trinajstić information content (AvgIpc) is 3.02. The van der Waals surface area contributed by atoms with Crippen molar-refractivity contribution in [2.75, 3.05) is 4.90 Å². The van der Waals surface area contributed by atoms with Crippen LogP contribution in [-0.4, -0.2) is 10.9 Å². The first-order valence-electron chi connectivity index (χ1n) is 9.53. The van der Waals surface area contributed by atoms with E-state index in [0.29, 0.717) is 22.4 Å². The van der Waals surface area contributed by atoms with E-state index in [9.17, 15) is 9.59 Å². The zero-order chi connectivity index (χ0) is 21.0. The van der Waals surface area contributed by atoms with Gasteiger partial charge in [0, 0.05) is 10.7 Å². The normalized spacial score (nSPS) is 15.6. The van der Waals surface area contributed by atoms with Crippen LogP contribution in [0.5, 0.6) is 0 Å². The summed E-state index contributed by atoms with van der Waals surface area (Å²) in [7, 11) is 0. The quantitative estimate of drug-likeness (QED) is 0.406. The van der Waals surface area contributed by atoms with Gasteiger partial charge in [-0.3, -0.25) is 14.5 Å². The van der Waals surface area contributed by atoms with Gasteiger partial charge in [-0.25, -0.2) is 4.98 Å². The van der Waals surface area contributed by atoms with Crippen molar-refractivity contribution >= 4 is 38.6 Å². The summed E-state index contributed by atoms with van der Waals surface area (Å²) in [5.74, 6) is 0.177. The smallest absolute Gasteiger partial charge is 0.296 e. The van der Waals surface area contributed by atoms with Gasteiger partial charge in [0.25, 0.3) is 5.91 Å². The van der Waals surface area contributed by atoms with Crippen LogP contribution in [0.1, 0.15) is 38.9 Å². The van der Waals surface area contributed by atoms with Gasteiger partial charge in [0.1, 0.15) is 11.4 Å². The summed E-state index contributed by atoms with van der Waals surface area (Å²) >= 11 is 3.50. The first kappa shape index (κ1) is 18.8. The van der Waals surface area contributed by atoms with Crippen LogP contribution in [0.3, 0.4) is 0 Å². The molecule has 0 radical (unpaired) electrons. The molecule has 0 spiro atoms. The fraction of sp³-hybridized carbons (Fsp3) is 0.125. The molecule has 5 nitrogen and oxygen atoms in total. The Balaban J connectivity index is 1.83. The molecule has 0 saturated carbocycles. The molecule has 3 heterocycles. The second-order valence-corrected chi connectivity index (χ2v) is 8.42. The van der Waals surface area contributed by atoms with Crippen molar-refractivity contribution in [3.05, 3.63) is 104 Å². The summed E-state index contributed by atoms with van der Waals surface area (Å²) < 4.78 is 6.84. The average molecular weight is 461 g/mol. The zero-order valence-electron chi connectivity index (χ0n) is 16.3. The number of benzene rings is 2. The predicted molar refractivity (Wildman–Crippen MR) is 119 cm³/mol. The van der Waals surface area contributed by atoms with Gasteiger partial charge in [-0.15, -0.1) is 0 Å². The molecule has 0 bridgehead atoms. The van der Waals surface area contributed by atoms with E-state index in [1.807, 2.05) is 50.2 Å². The van der Waals surface area contributed by atoms with Crippen LogP contribution >= 0.6 is 15.9 Å². The van der Waals surface area contributed by atoms with Crippen molar-refractivity contribution < 1.29 is 9.21 Å². The van der Waals surface area contributed by atoms with Gasteiger partial charge in [0.05, 0.1) is 17.0 Å². The largest absolute Gasteiger partial charge is 0.450 e. The number of carbonyl (C=O) groups is 1. The van der Waals surface area contributed by atoms with E-state index >= 15 is 0 Å². The van der Waals surface area contributed by atoms with E-state index in [1.165, 1.54) is 0 Å². The number of fused-ring (bicyclic) bond motifs is 2. The van der Waals surface area contributed by atoms with Gasteiger partial charge in [-0.1, -0.05) is 45.8 Å². The molecule has 1 unspecified atom stereocenters. The molecule has 2 aromatic heterocycles. The topological polar surface area (TPSA) is 63.4 Å². The number of hydrogen-bond donors (Lipinski definition) is 0. The second kappa shape index (κ2) is 6.92. The number of pyridine rings is 1. The highest BCUT2D eigenvalue weighted by molar-refractivity contribution is 9.10. The molecule has 0 N–H and O–H groups in total. The maximum Gasteiger partial charge on any atom is 0.296 e. The molecule has 0 fully saturated rings. The maximum atomic E-state index is 13.5. The van der Waals surface area contributed by atoms with Crippen LogP contribution in [0.2, 0.25) is 0 Å². The third-order valence-corrected chi connectivity index (χ3v) is 5.83. The summed E-state index contributed by atoms with van der Waals surface area (Å²) in [6.07, 6.45) is 1.71. The zero-order valence-corrected chi connectivity index (χ0v) is 17.9. The minimum Gasteiger partial charge on any atom is -0.450 e. The Morgan fingerprint density at radius 1 is 1.00 bits per heavy atom. The van der Waals surface area contributed by atoms with Crippen molar-refractivity contribution in [1.82, 2.24) is 4.98 Å². The molecule has 0 saturated heterocycles. The number of rotatable bonds is 2. The monoisotopic (exact) mass is 460 g/mol. The Kier molecular flexibility index (Phi) is 4.33. The van der Waals surface area contributed by atoms with E-state index in [4.69, 9.17) is 4.42 Å². The maximum absolute atomic E-state index is 13.5. The highest BCUT2D eigenvalue weighted by Gasteiger charge is 2.44. The Morgan fingerprint density at radius 3 is 2.53 bits per heavy atom. The third kappa shape index (κ3) is 2.87. The van der Waals surface area contributed by atoms with Crippen molar-refractivity contribution in [3.63, 3.8) is 0 Å². The Morgan fingerprint density at radius 2 is 1.80 bits per heavy atom. The van der Waals surface area contributed by atoms with Crippen molar-refractivity contribution in [3.8, 4) is 0 Å². The molecule has 5 rings (SSSR count). The highest BCUT2D eigenvalue weighted by atomic mass is 79.9. The van der Waals surface area contributed by atoms with Gasteiger partial charge in [-0.2, -0.15) is 0 Å². The first-order valence-corrected chi connectivity index (χ1v) is 10.3. The van der Waals surface area contributed by atoms with Crippen LogP contribution in [0.25, 0.3) is 11.0 Å². The van der Waals surface area contributed by atoms with E-state index in [0.717, 1.165) is 21.2 Å². The fourth-order valence-corrected chi connectivity index (χ4v) is 4.33. The summed E-state index contributed by atoms with van der Waals surface area (Å²) in [6.45, 7) is 3.86. The van der Waals surface area contributed by atoms with E-state index in [2.05, 4.69) is 20.9 Å². The Bertz CT molecular complexity index is 1380. The summed E-state index contributed by atoms with van der Waals surface area (Å²) in [5, 5.41) is 0.472. The highest BCUT2D eigenvalue weighted by Crippen LogP contribution is 2.41. The molecule has 148 valence electrons. The molecule has 4 aromatic rings. The van der Waals surface area contributed by atoms with Gasteiger partial charge >= 0.3 is 0 Å². The molecular formula is C24H17BrN2O3. The lowest BCUT2D eigenvalue weighted by molar-refractivity contribution is 0.0970. The summed E-state index contributed by atoms with van der Waals surface area (Å²) in [6, 6.07) is 16.1. The van der Waals surface area contributed by atoms with Gasteiger partial charge < -0.3 is 4.42 Å². The van der Waals surface area contributed by atoms with Crippen molar-refractivity contribution in [2.24, 2.45) is 0 Å².